The van der Waals surface area contributed by atoms with Gasteiger partial charge in [0.15, 0.2) is 5.11 Å². The monoisotopic (exact) mass is 412 g/mol. The Morgan fingerprint density at radius 2 is 2.00 bits per heavy atom. The summed E-state index contributed by atoms with van der Waals surface area (Å²) in [6.45, 7) is 6.01. The minimum Gasteiger partial charge on any atom is -0.383 e. The number of rotatable bonds is 6. The molecule has 1 saturated heterocycles. The standard InChI is InChI=1S/C23H32N4OS/c1-16-15-19(17(2)26(16)13-14-28-3)22-21(20-11-7-8-12-24-20)25-23(29)27(22)18-9-5-4-6-10-18/h7-8,11-12,15,18,21-22H,4-6,9-10,13-14H2,1-3H3,(H,25,29). The van der Waals surface area contributed by atoms with Crippen LogP contribution in [-0.4, -0.2) is 39.3 Å². The molecular weight excluding hydrogens is 380 g/mol. The van der Waals surface area contributed by atoms with E-state index in [2.05, 4.69) is 51.8 Å². The summed E-state index contributed by atoms with van der Waals surface area (Å²) in [5.74, 6) is 0. The predicted molar refractivity (Wildman–Crippen MR) is 120 cm³/mol. The van der Waals surface area contributed by atoms with Crippen LogP contribution >= 0.6 is 12.2 Å². The van der Waals surface area contributed by atoms with Crippen LogP contribution in [0, 0.1) is 13.8 Å². The summed E-state index contributed by atoms with van der Waals surface area (Å²) in [6, 6.07) is 9.24. The van der Waals surface area contributed by atoms with Gasteiger partial charge in [-0.25, -0.2) is 0 Å². The van der Waals surface area contributed by atoms with E-state index >= 15 is 0 Å². The molecule has 2 aromatic heterocycles. The van der Waals surface area contributed by atoms with E-state index in [0.717, 1.165) is 17.4 Å². The number of thiocarbonyl (C=S) groups is 1. The number of ether oxygens (including phenoxy) is 1. The van der Waals surface area contributed by atoms with Gasteiger partial charge in [0.1, 0.15) is 0 Å². The molecule has 2 fully saturated rings. The molecule has 5 nitrogen and oxygen atoms in total. The van der Waals surface area contributed by atoms with Crippen molar-refractivity contribution in [2.75, 3.05) is 13.7 Å². The third-order valence-electron chi connectivity index (χ3n) is 6.55. The van der Waals surface area contributed by atoms with E-state index in [1.54, 1.807) is 7.11 Å². The normalized spacial score (nSPS) is 22.9. The van der Waals surface area contributed by atoms with Crippen molar-refractivity contribution in [2.24, 2.45) is 0 Å². The molecule has 3 heterocycles. The SMILES string of the molecule is COCCn1c(C)cc(C2C(c3ccccn3)NC(=S)N2C2CCCCC2)c1C. The molecule has 2 unspecified atom stereocenters. The van der Waals surface area contributed by atoms with Crippen molar-refractivity contribution in [3.8, 4) is 0 Å². The minimum atomic E-state index is 0.0713. The number of methoxy groups -OCH3 is 1. The van der Waals surface area contributed by atoms with E-state index < -0.39 is 0 Å². The third-order valence-corrected chi connectivity index (χ3v) is 6.88. The highest BCUT2D eigenvalue weighted by molar-refractivity contribution is 7.80. The summed E-state index contributed by atoms with van der Waals surface area (Å²) in [7, 11) is 1.76. The second kappa shape index (κ2) is 8.84. The van der Waals surface area contributed by atoms with E-state index in [-0.39, 0.29) is 12.1 Å². The van der Waals surface area contributed by atoms with Crippen molar-refractivity contribution in [1.29, 1.82) is 0 Å². The summed E-state index contributed by atoms with van der Waals surface area (Å²) in [5, 5.41) is 4.50. The first-order valence-corrected chi connectivity index (χ1v) is 11.2. The second-order valence-corrected chi connectivity index (χ2v) is 8.68. The van der Waals surface area contributed by atoms with Gasteiger partial charge in [0.25, 0.3) is 0 Å². The van der Waals surface area contributed by atoms with Gasteiger partial charge in [-0.05, 0) is 62.7 Å². The fourth-order valence-corrected chi connectivity index (χ4v) is 5.49. The van der Waals surface area contributed by atoms with Gasteiger partial charge in [-0.15, -0.1) is 0 Å². The fourth-order valence-electron chi connectivity index (χ4n) is 5.10. The van der Waals surface area contributed by atoms with E-state index in [9.17, 15) is 0 Å². The second-order valence-electron chi connectivity index (χ2n) is 8.30. The van der Waals surface area contributed by atoms with Gasteiger partial charge in [0.2, 0.25) is 0 Å². The Morgan fingerprint density at radius 3 is 2.69 bits per heavy atom. The van der Waals surface area contributed by atoms with E-state index in [1.165, 1.54) is 49.1 Å². The highest BCUT2D eigenvalue weighted by Gasteiger charge is 2.44. The average Bonchev–Trinajstić information content (AvgIpc) is 3.23. The molecule has 0 radical (unpaired) electrons. The lowest BCUT2D eigenvalue weighted by Gasteiger charge is -2.37. The van der Waals surface area contributed by atoms with Crippen LogP contribution < -0.4 is 5.32 Å². The predicted octanol–water partition coefficient (Wildman–Crippen LogP) is 4.45. The number of hydrogen-bond donors (Lipinski definition) is 1. The van der Waals surface area contributed by atoms with E-state index in [4.69, 9.17) is 17.0 Å². The summed E-state index contributed by atoms with van der Waals surface area (Å²) in [4.78, 5) is 7.18. The van der Waals surface area contributed by atoms with Crippen LogP contribution in [0.3, 0.4) is 0 Å². The maximum absolute atomic E-state index is 5.89. The van der Waals surface area contributed by atoms with Crippen LogP contribution in [0.25, 0.3) is 0 Å². The Bertz CT molecular complexity index is 844. The number of aromatic nitrogens is 2. The molecule has 0 bridgehead atoms. The Labute approximate surface area is 179 Å². The summed E-state index contributed by atoms with van der Waals surface area (Å²) >= 11 is 5.89. The zero-order valence-electron chi connectivity index (χ0n) is 17.7. The van der Waals surface area contributed by atoms with Crippen LogP contribution in [-0.2, 0) is 11.3 Å². The topological polar surface area (TPSA) is 42.3 Å². The average molecular weight is 413 g/mol. The van der Waals surface area contributed by atoms with E-state index in [1.807, 2.05) is 12.3 Å². The maximum Gasteiger partial charge on any atom is 0.170 e. The van der Waals surface area contributed by atoms with Crippen LogP contribution in [0.5, 0.6) is 0 Å². The lowest BCUT2D eigenvalue weighted by Crippen LogP contribution is -2.40. The molecule has 1 aliphatic heterocycles. The molecule has 4 rings (SSSR count). The van der Waals surface area contributed by atoms with Crippen LogP contribution in [0.1, 0.15) is 66.8 Å². The highest BCUT2D eigenvalue weighted by atomic mass is 32.1. The summed E-state index contributed by atoms with van der Waals surface area (Å²) < 4.78 is 7.71. The molecule has 1 saturated carbocycles. The van der Waals surface area contributed by atoms with Gasteiger partial charge in [-0.2, -0.15) is 0 Å². The quantitative estimate of drug-likeness (QED) is 0.710. The van der Waals surface area contributed by atoms with Crippen LogP contribution in [0.2, 0.25) is 0 Å². The highest BCUT2D eigenvalue weighted by Crippen LogP contribution is 2.44. The molecule has 2 aromatic rings. The Balaban J connectivity index is 1.76. The van der Waals surface area contributed by atoms with Gasteiger partial charge in [0, 0.05) is 37.3 Å². The lowest BCUT2D eigenvalue weighted by atomic mass is 9.90. The Morgan fingerprint density at radius 1 is 1.21 bits per heavy atom. The van der Waals surface area contributed by atoms with Gasteiger partial charge >= 0.3 is 0 Å². The third kappa shape index (κ3) is 3.92. The minimum absolute atomic E-state index is 0.0713. The largest absolute Gasteiger partial charge is 0.383 e. The molecule has 6 heteroatoms. The molecular formula is C23H32N4OS. The van der Waals surface area contributed by atoms with Crippen molar-refractivity contribution in [3.63, 3.8) is 0 Å². The Hall–Kier alpha value is -1.92. The van der Waals surface area contributed by atoms with Crippen LogP contribution in [0.15, 0.2) is 30.5 Å². The number of nitrogens with one attached hydrogen (secondary N) is 1. The van der Waals surface area contributed by atoms with Gasteiger partial charge < -0.3 is 19.5 Å². The molecule has 2 aliphatic rings. The first-order valence-electron chi connectivity index (χ1n) is 10.8. The van der Waals surface area contributed by atoms with Gasteiger partial charge in [0.05, 0.1) is 24.4 Å². The first-order chi connectivity index (χ1) is 14.1. The molecule has 1 aliphatic carbocycles. The first kappa shape index (κ1) is 20.4. The number of hydrogen-bond acceptors (Lipinski definition) is 3. The summed E-state index contributed by atoms with van der Waals surface area (Å²) in [6.07, 6.45) is 8.23. The lowest BCUT2D eigenvalue weighted by molar-refractivity contribution is 0.185. The molecule has 0 spiro atoms. The molecule has 2 atom stereocenters. The number of nitrogens with zero attached hydrogens (tertiary/aromatic N) is 3. The molecule has 1 N–H and O–H groups in total. The van der Waals surface area contributed by atoms with E-state index in [0.29, 0.717) is 12.6 Å². The van der Waals surface area contributed by atoms with Crippen molar-refractivity contribution < 1.29 is 4.74 Å². The van der Waals surface area contributed by atoms with Crippen molar-refractivity contribution >= 4 is 17.3 Å². The zero-order valence-corrected chi connectivity index (χ0v) is 18.5. The van der Waals surface area contributed by atoms with Crippen molar-refractivity contribution in [1.82, 2.24) is 19.8 Å². The fraction of sp³-hybridized carbons (Fsp3) is 0.565. The summed E-state index contributed by atoms with van der Waals surface area (Å²) in [5.41, 5.74) is 4.99. The number of pyridine rings is 1. The van der Waals surface area contributed by atoms with Crippen molar-refractivity contribution in [2.45, 2.75) is 70.6 Å². The smallest absolute Gasteiger partial charge is 0.170 e. The van der Waals surface area contributed by atoms with Gasteiger partial charge in [-0.1, -0.05) is 25.3 Å². The molecule has 0 aromatic carbocycles. The molecule has 0 amide bonds. The Kier molecular flexibility index (Phi) is 6.20. The van der Waals surface area contributed by atoms with Crippen molar-refractivity contribution in [3.05, 3.63) is 53.1 Å². The van der Waals surface area contributed by atoms with Crippen LogP contribution in [0.4, 0.5) is 0 Å². The molecule has 29 heavy (non-hydrogen) atoms. The molecule has 156 valence electrons. The maximum atomic E-state index is 5.89. The number of aryl methyl sites for hydroxylation is 1. The van der Waals surface area contributed by atoms with Gasteiger partial charge in [-0.3, -0.25) is 4.98 Å². The zero-order chi connectivity index (χ0) is 20.4.